The highest BCUT2D eigenvalue weighted by Gasteiger charge is 2.38. The first-order valence-corrected chi connectivity index (χ1v) is 8.02. The molecule has 1 aromatic rings. The molecule has 1 fully saturated rings. The molecule has 118 valence electrons. The van der Waals surface area contributed by atoms with E-state index in [4.69, 9.17) is 9.47 Å². The van der Waals surface area contributed by atoms with Crippen molar-refractivity contribution in [3.8, 4) is 11.5 Å². The van der Waals surface area contributed by atoms with E-state index < -0.39 is 23.7 Å². The summed E-state index contributed by atoms with van der Waals surface area (Å²) in [5.41, 5.74) is 1.38. The van der Waals surface area contributed by atoms with E-state index in [2.05, 4.69) is 6.58 Å². The number of hydrogen-bond donors (Lipinski definition) is 3. The van der Waals surface area contributed by atoms with Crippen LogP contribution in [-0.2, 0) is 0 Å². The fraction of sp³-hybridized carbons (Fsp3) is 0.375. The quantitative estimate of drug-likeness (QED) is 0.766. The SMILES string of the molecule is C=C1C=C(C)c2ccc(O[C@@H]3SC[C@@H](O)[C@H](O)[C@H]3O)cc2O1. The molecule has 0 amide bonds. The predicted octanol–water partition coefficient (Wildman–Crippen LogP) is 1.53. The molecular weight excluding hydrogens is 304 g/mol. The molecule has 0 spiro atoms. The van der Waals surface area contributed by atoms with E-state index in [0.717, 1.165) is 11.1 Å². The summed E-state index contributed by atoms with van der Waals surface area (Å²) in [5.74, 6) is 2.05. The van der Waals surface area contributed by atoms with Gasteiger partial charge in [0.25, 0.3) is 0 Å². The molecule has 22 heavy (non-hydrogen) atoms. The largest absolute Gasteiger partial charge is 0.477 e. The van der Waals surface area contributed by atoms with Gasteiger partial charge in [-0.15, -0.1) is 11.8 Å². The van der Waals surface area contributed by atoms with Gasteiger partial charge in [0.2, 0.25) is 0 Å². The van der Waals surface area contributed by atoms with E-state index in [-0.39, 0.29) is 0 Å². The average molecular weight is 322 g/mol. The van der Waals surface area contributed by atoms with Crippen molar-refractivity contribution in [1.82, 2.24) is 0 Å². The zero-order valence-corrected chi connectivity index (χ0v) is 12.9. The molecule has 5 nitrogen and oxygen atoms in total. The van der Waals surface area contributed by atoms with Crippen molar-refractivity contribution in [2.24, 2.45) is 0 Å². The minimum Gasteiger partial charge on any atom is -0.477 e. The highest BCUT2D eigenvalue weighted by Crippen LogP contribution is 2.37. The number of aliphatic hydroxyl groups excluding tert-OH is 3. The van der Waals surface area contributed by atoms with Crippen molar-refractivity contribution in [3.63, 3.8) is 0 Å². The standard InChI is InChI=1S/C16H18O5S/c1-8-5-9(2)20-13-6-10(3-4-11(8)13)21-16-15(19)14(18)12(17)7-22-16/h3-6,12,14-19H,2,7H2,1H3/t12-,14+,15-,16-/m1/s1. The van der Waals surface area contributed by atoms with Gasteiger partial charge >= 0.3 is 0 Å². The van der Waals surface area contributed by atoms with Gasteiger partial charge in [0, 0.05) is 17.4 Å². The van der Waals surface area contributed by atoms with Gasteiger partial charge in [-0.25, -0.2) is 0 Å². The Hall–Kier alpha value is -1.47. The van der Waals surface area contributed by atoms with Gasteiger partial charge in [-0.1, -0.05) is 6.58 Å². The lowest BCUT2D eigenvalue weighted by molar-refractivity contribution is -0.0786. The first kappa shape index (κ1) is 15.4. The Morgan fingerprint density at radius 1 is 1.27 bits per heavy atom. The van der Waals surface area contributed by atoms with Crippen molar-refractivity contribution in [3.05, 3.63) is 42.2 Å². The van der Waals surface area contributed by atoms with E-state index in [1.54, 1.807) is 12.1 Å². The summed E-state index contributed by atoms with van der Waals surface area (Å²) >= 11 is 1.26. The molecule has 0 bridgehead atoms. The number of rotatable bonds is 2. The molecule has 0 aromatic heterocycles. The van der Waals surface area contributed by atoms with Gasteiger partial charge in [0.1, 0.15) is 29.5 Å². The van der Waals surface area contributed by atoms with Gasteiger partial charge in [-0.2, -0.15) is 0 Å². The number of hydrogen-bond acceptors (Lipinski definition) is 6. The predicted molar refractivity (Wildman–Crippen MR) is 84.8 cm³/mol. The second-order valence-corrected chi connectivity index (χ2v) is 6.55. The molecule has 2 aliphatic heterocycles. The molecule has 4 atom stereocenters. The third kappa shape index (κ3) is 2.87. The van der Waals surface area contributed by atoms with E-state index >= 15 is 0 Å². The topological polar surface area (TPSA) is 79.2 Å². The number of ether oxygens (including phenoxy) is 2. The number of allylic oxidation sites excluding steroid dienone is 2. The third-order valence-electron chi connectivity index (χ3n) is 3.70. The molecule has 2 aliphatic rings. The Balaban J connectivity index is 1.78. The summed E-state index contributed by atoms with van der Waals surface area (Å²) in [7, 11) is 0. The molecule has 0 saturated carbocycles. The normalized spacial score (nSPS) is 31.1. The van der Waals surface area contributed by atoms with Crippen LogP contribution in [0.4, 0.5) is 0 Å². The van der Waals surface area contributed by atoms with Crippen molar-refractivity contribution >= 4 is 17.3 Å². The Kier molecular flexibility index (Phi) is 4.18. The molecule has 0 radical (unpaired) electrons. The van der Waals surface area contributed by atoms with Gasteiger partial charge in [-0.05, 0) is 30.7 Å². The first-order chi connectivity index (χ1) is 10.5. The van der Waals surface area contributed by atoms with Crippen LogP contribution in [0.1, 0.15) is 12.5 Å². The average Bonchev–Trinajstić information content (AvgIpc) is 2.47. The second-order valence-electron chi connectivity index (χ2n) is 5.42. The summed E-state index contributed by atoms with van der Waals surface area (Å²) in [5, 5.41) is 29.2. The fourth-order valence-electron chi connectivity index (χ4n) is 2.49. The minimum absolute atomic E-state index is 0.309. The molecule has 3 rings (SSSR count). The Morgan fingerprint density at radius 3 is 2.82 bits per heavy atom. The smallest absolute Gasteiger partial charge is 0.173 e. The van der Waals surface area contributed by atoms with Crippen molar-refractivity contribution in [2.45, 2.75) is 30.7 Å². The van der Waals surface area contributed by atoms with Crippen molar-refractivity contribution in [1.29, 1.82) is 0 Å². The van der Waals surface area contributed by atoms with Gasteiger partial charge in [0.15, 0.2) is 5.44 Å². The van der Waals surface area contributed by atoms with Gasteiger partial charge in [0.05, 0.1) is 6.10 Å². The molecule has 0 unspecified atom stereocenters. The highest BCUT2D eigenvalue weighted by atomic mass is 32.2. The van der Waals surface area contributed by atoms with E-state index in [0.29, 0.717) is 23.0 Å². The zero-order valence-electron chi connectivity index (χ0n) is 12.1. The maximum atomic E-state index is 9.98. The van der Waals surface area contributed by atoms with Crippen LogP contribution >= 0.6 is 11.8 Å². The molecule has 3 N–H and O–H groups in total. The molecule has 6 heteroatoms. The van der Waals surface area contributed by atoms with Crippen LogP contribution in [-0.4, -0.2) is 44.8 Å². The molecule has 1 saturated heterocycles. The summed E-state index contributed by atoms with van der Waals surface area (Å²) in [6, 6.07) is 5.41. The maximum absolute atomic E-state index is 9.98. The molecule has 1 aromatic carbocycles. The summed E-state index contributed by atoms with van der Waals surface area (Å²) < 4.78 is 11.3. The lowest BCUT2D eigenvalue weighted by Gasteiger charge is -2.34. The monoisotopic (exact) mass is 322 g/mol. The Morgan fingerprint density at radius 2 is 2.05 bits per heavy atom. The van der Waals surface area contributed by atoms with E-state index in [1.165, 1.54) is 11.8 Å². The number of fused-ring (bicyclic) bond motifs is 1. The fourth-order valence-corrected chi connectivity index (χ4v) is 3.61. The molecular formula is C16H18O5S. The van der Waals surface area contributed by atoms with Crippen LogP contribution in [0.25, 0.3) is 5.57 Å². The number of aliphatic hydroxyl groups is 3. The second kappa shape index (κ2) is 5.96. The third-order valence-corrected chi connectivity index (χ3v) is 4.94. The molecule has 2 heterocycles. The lowest BCUT2D eigenvalue weighted by atomic mass is 10.0. The van der Waals surface area contributed by atoms with Gasteiger partial charge < -0.3 is 24.8 Å². The molecule has 0 aliphatic carbocycles. The summed E-state index contributed by atoms with van der Waals surface area (Å²) in [6.07, 6.45) is -1.43. The highest BCUT2D eigenvalue weighted by molar-refractivity contribution is 7.99. The lowest BCUT2D eigenvalue weighted by Crippen LogP contribution is -2.50. The van der Waals surface area contributed by atoms with Crippen LogP contribution in [0.5, 0.6) is 11.5 Å². The first-order valence-electron chi connectivity index (χ1n) is 6.97. The maximum Gasteiger partial charge on any atom is 0.173 e. The van der Waals surface area contributed by atoms with Crippen molar-refractivity contribution in [2.75, 3.05) is 5.75 Å². The minimum atomic E-state index is -1.20. The van der Waals surface area contributed by atoms with Crippen LogP contribution < -0.4 is 9.47 Å². The van der Waals surface area contributed by atoms with E-state index in [9.17, 15) is 15.3 Å². The van der Waals surface area contributed by atoms with Crippen molar-refractivity contribution < 1.29 is 24.8 Å². The number of benzene rings is 1. The van der Waals surface area contributed by atoms with E-state index in [1.807, 2.05) is 19.1 Å². The Labute approximate surface area is 132 Å². The number of thioether (sulfide) groups is 1. The van der Waals surface area contributed by atoms with Crippen LogP contribution in [0.2, 0.25) is 0 Å². The van der Waals surface area contributed by atoms with Gasteiger partial charge in [-0.3, -0.25) is 0 Å². The van der Waals surface area contributed by atoms with Crippen LogP contribution in [0.3, 0.4) is 0 Å². The summed E-state index contributed by atoms with van der Waals surface area (Å²) in [4.78, 5) is 0. The van der Waals surface area contributed by atoms with Crippen LogP contribution in [0.15, 0.2) is 36.6 Å². The Bertz CT molecular complexity index is 627. The summed E-state index contributed by atoms with van der Waals surface area (Å²) in [6.45, 7) is 5.77. The zero-order chi connectivity index (χ0) is 15.9. The van der Waals surface area contributed by atoms with Crippen LogP contribution in [0, 0.1) is 0 Å².